The topological polar surface area (TPSA) is 55.7 Å². The van der Waals surface area contributed by atoms with Gasteiger partial charge in [0.15, 0.2) is 5.11 Å². The van der Waals surface area contributed by atoms with Crippen molar-refractivity contribution in [2.45, 2.75) is 26.9 Å². The molecule has 0 fully saturated rings. The number of rotatable bonds is 5. The maximum atomic E-state index is 10.4. The zero-order valence-electron chi connectivity index (χ0n) is 14.3. The highest BCUT2D eigenvalue weighted by atomic mass is 32.1. The molecule has 4 nitrogen and oxygen atoms in total. The highest BCUT2D eigenvalue weighted by molar-refractivity contribution is 7.80. The van der Waals surface area contributed by atoms with Gasteiger partial charge in [0, 0.05) is 12.2 Å². The van der Waals surface area contributed by atoms with Gasteiger partial charge in [-0.1, -0.05) is 30.3 Å². The molecule has 5 heteroatoms. The van der Waals surface area contributed by atoms with Crippen LogP contribution in [0.25, 0.3) is 0 Å². The van der Waals surface area contributed by atoms with E-state index in [1.165, 1.54) is 0 Å². The zero-order chi connectivity index (χ0) is 17.7. The standard InChI is InChI=1S/C19H24N2O2S/c1-4-21(12-17(23)15-9-6-10-16(22)11-15)19(24)20-18-13(2)7-5-8-14(18)3/h5-11,17,22-23H,4,12H2,1-3H3,(H,20,24). The van der Waals surface area contributed by atoms with E-state index in [0.717, 1.165) is 16.8 Å². The van der Waals surface area contributed by atoms with Crippen molar-refractivity contribution in [3.05, 3.63) is 59.2 Å². The number of hydrogen-bond donors (Lipinski definition) is 3. The molecule has 1 atom stereocenters. The zero-order valence-corrected chi connectivity index (χ0v) is 15.1. The number of anilines is 1. The summed E-state index contributed by atoms with van der Waals surface area (Å²) in [7, 11) is 0. The number of nitrogens with one attached hydrogen (secondary N) is 1. The fraction of sp³-hybridized carbons (Fsp3) is 0.316. The van der Waals surface area contributed by atoms with E-state index in [-0.39, 0.29) is 5.75 Å². The normalized spacial score (nSPS) is 11.8. The maximum absolute atomic E-state index is 10.4. The maximum Gasteiger partial charge on any atom is 0.173 e. The third kappa shape index (κ3) is 4.46. The molecule has 128 valence electrons. The molecule has 0 saturated carbocycles. The van der Waals surface area contributed by atoms with Crippen molar-refractivity contribution in [3.63, 3.8) is 0 Å². The van der Waals surface area contributed by atoms with Crippen LogP contribution in [0.5, 0.6) is 5.75 Å². The molecule has 0 aliphatic heterocycles. The molecule has 0 heterocycles. The largest absolute Gasteiger partial charge is 0.508 e. The van der Waals surface area contributed by atoms with Crippen molar-refractivity contribution >= 4 is 23.0 Å². The summed E-state index contributed by atoms with van der Waals surface area (Å²) in [4.78, 5) is 1.91. The third-order valence-electron chi connectivity index (χ3n) is 4.03. The number of aromatic hydroxyl groups is 1. The number of para-hydroxylation sites is 1. The molecule has 0 radical (unpaired) electrons. The van der Waals surface area contributed by atoms with Crippen molar-refractivity contribution in [1.29, 1.82) is 0 Å². The van der Waals surface area contributed by atoms with Crippen molar-refractivity contribution < 1.29 is 10.2 Å². The second-order valence-corrected chi connectivity index (χ2v) is 6.23. The van der Waals surface area contributed by atoms with Crippen LogP contribution in [0.15, 0.2) is 42.5 Å². The minimum absolute atomic E-state index is 0.144. The van der Waals surface area contributed by atoms with E-state index >= 15 is 0 Å². The van der Waals surface area contributed by atoms with Crippen LogP contribution in [-0.4, -0.2) is 33.3 Å². The van der Waals surface area contributed by atoms with Gasteiger partial charge in [0.1, 0.15) is 5.75 Å². The Bertz CT molecular complexity index is 698. The Morgan fingerprint density at radius 3 is 2.38 bits per heavy atom. The molecule has 0 aliphatic carbocycles. The van der Waals surface area contributed by atoms with Crippen LogP contribution in [-0.2, 0) is 0 Å². The van der Waals surface area contributed by atoms with Gasteiger partial charge < -0.3 is 20.4 Å². The summed E-state index contributed by atoms with van der Waals surface area (Å²) < 4.78 is 0. The molecular formula is C19H24N2O2S. The lowest BCUT2D eigenvalue weighted by Gasteiger charge is -2.28. The summed E-state index contributed by atoms with van der Waals surface area (Å²) in [6.45, 7) is 7.10. The van der Waals surface area contributed by atoms with E-state index in [1.807, 2.05) is 43.9 Å². The van der Waals surface area contributed by atoms with Gasteiger partial charge in [-0.3, -0.25) is 0 Å². The minimum Gasteiger partial charge on any atom is -0.508 e. The smallest absolute Gasteiger partial charge is 0.173 e. The van der Waals surface area contributed by atoms with Crippen LogP contribution in [0.4, 0.5) is 5.69 Å². The SMILES string of the molecule is CCN(CC(O)c1cccc(O)c1)C(=S)Nc1c(C)cccc1C. The number of thiocarbonyl (C=S) groups is 1. The molecule has 2 aromatic rings. The van der Waals surface area contributed by atoms with Gasteiger partial charge >= 0.3 is 0 Å². The summed E-state index contributed by atoms with van der Waals surface area (Å²) >= 11 is 5.52. The molecule has 0 aliphatic rings. The lowest BCUT2D eigenvalue weighted by atomic mass is 10.1. The first kappa shape index (κ1) is 18.2. The third-order valence-corrected chi connectivity index (χ3v) is 4.39. The monoisotopic (exact) mass is 344 g/mol. The van der Waals surface area contributed by atoms with Gasteiger partial charge in [-0.25, -0.2) is 0 Å². The van der Waals surface area contributed by atoms with Crippen molar-refractivity contribution in [2.24, 2.45) is 0 Å². The molecule has 0 saturated heterocycles. The van der Waals surface area contributed by atoms with E-state index in [2.05, 4.69) is 5.32 Å². The Hall–Kier alpha value is -2.11. The molecule has 0 aromatic heterocycles. The van der Waals surface area contributed by atoms with Crippen LogP contribution in [0.3, 0.4) is 0 Å². The summed E-state index contributed by atoms with van der Waals surface area (Å²) in [6, 6.07) is 12.8. The highest BCUT2D eigenvalue weighted by Crippen LogP contribution is 2.22. The number of likely N-dealkylation sites (N-methyl/N-ethyl adjacent to an activating group) is 1. The number of aliphatic hydroxyl groups is 1. The fourth-order valence-electron chi connectivity index (χ4n) is 2.60. The van der Waals surface area contributed by atoms with Crippen LogP contribution in [0.2, 0.25) is 0 Å². The average Bonchev–Trinajstić information content (AvgIpc) is 2.55. The first-order valence-electron chi connectivity index (χ1n) is 8.01. The summed E-state index contributed by atoms with van der Waals surface area (Å²) in [5.41, 5.74) is 3.93. The second-order valence-electron chi connectivity index (χ2n) is 5.85. The van der Waals surface area contributed by atoms with Gasteiger partial charge in [0.25, 0.3) is 0 Å². The van der Waals surface area contributed by atoms with Gasteiger partial charge in [-0.05, 0) is 61.8 Å². The molecule has 1 unspecified atom stereocenters. The van der Waals surface area contributed by atoms with Gasteiger partial charge in [0.2, 0.25) is 0 Å². The molecule has 2 aromatic carbocycles. The molecule has 24 heavy (non-hydrogen) atoms. The molecule has 0 bridgehead atoms. The van der Waals surface area contributed by atoms with Crippen molar-refractivity contribution in [2.75, 3.05) is 18.4 Å². The Kier molecular flexibility index (Phi) is 6.17. The van der Waals surface area contributed by atoms with Gasteiger partial charge in [-0.15, -0.1) is 0 Å². The number of phenols is 1. The molecule has 2 rings (SSSR count). The Morgan fingerprint density at radius 1 is 1.17 bits per heavy atom. The fourth-order valence-corrected chi connectivity index (χ4v) is 2.91. The number of nitrogens with zero attached hydrogens (tertiary/aromatic N) is 1. The Morgan fingerprint density at radius 2 is 1.79 bits per heavy atom. The Labute approximate surface area is 148 Å². The van der Waals surface area contributed by atoms with Crippen LogP contribution < -0.4 is 5.32 Å². The van der Waals surface area contributed by atoms with Crippen LogP contribution in [0, 0.1) is 13.8 Å². The van der Waals surface area contributed by atoms with E-state index in [0.29, 0.717) is 23.8 Å². The lowest BCUT2D eigenvalue weighted by Crippen LogP contribution is -2.37. The summed E-state index contributed by atoms with van der Waals surface area (Å²) in [5.74, 6) is 0.144. The number of aliphatic hydroxyl groups excluding tert-OH is 1. The van der Waals surface area contributed by atoms with Crippen LogP contribution in [0.1, 0.15) is 29.7 Å². The highest BCUT2D eigenvalue weighted by Gasteiger charge is 2.16. The quantitative estimate of drug-likeness (QED) is 0.721. The minimum atomic E-state index is -0.727. The first-order chi connectivity index (χ1) is 11.4. The Balaban J connectivity index is 2.09. The average molecular weight is 344 g/mol. The van der Waals surface area contributed by atoms with E-state index in [9.17, 15) is 10.2 Å². The second kappa shape index (κ2) is 8.13. The molecule has 0 spiro atoms. The van der Waals surface area contributed by atoms with E-state index in [1.54, 1.807) is 24.3 Å². The lowest BCUT2D eigenvalue weighted by molar-refractivity contribution is 0.146. The molecule has 0 amide bonds. The number of benzene rings is 2. The number of phenolic OH excluding ortho intramolecular Hbond substituents is 1. The predicted molar refractivity (Wildman–Crippen MR) is 102 cm³/mol. The summed E-state index contributed by atoms with van der Waals surface area (Å²) in [6.07, 6.45) is -0.727. The molecule has 3 N–H and O–H groups in total. The van der Waals surface area contributed by atoms with Gasteiger partial charge in [0.05, 0.1) is 12.6 Å². The van der Waals surface area contributed by atoms with E-state index in [4.69, 9.17) is 12.2 Å². The van der Waals surface area contributed by atoms with Crippen molar-refractivity contribution in [1.82, 2.24) is 4.90 Å². The predicted octanol–water partition coefficient (Wildman–Crippen LogP) is 3.76. The van der Waals surface area contributed by atoms with Gasteiger partial charge in [-0.2, -0.15) is 0 Å². The van der Waals surface area contributed by atoms with E-state index < -0.39 is 6.10 Å². The van der Waals surface area contributed by atoms with Crippen molar-refractivity contribution in [3.8, 4) is 5.75 Å². The first-order valence-corrected chi connectivity index (χ1v) is 8.42. The summed E-state index contributed by atoms with van der Waals surface area (Å²) in [5, 5.41) is 23.9. The number of aryl methyl sites for hydroxylation is 2. The van der Waals surface area contributed by atoms with Crippen LogP contribution >= 0.6 is 12.2 Å². The molecular weight excluding hydrogens is 320 g/mol. The number of hydrogen-bond acceptors (Lipinski definition) is 3.